The molecule has 0 aliphatic heterocycles. The highest BCUT2D eigenvalue weighted by molar-refractivity contribution is 7.09. The molecule has 0 saturated heterocycles. The second kappa shape index (κ2) is 6.05. The summed E-state index contributed by atoms with van der Waals surface area (Å²) in [6, 6.07) is 3.28. The monoisotopic (exact) mass is 307 g/mol. The lowest BCUT2D eigenvalue weighted by Gasteiger charge is -2.01. The highest BCUT2D eigenvalue weighted by Crippen LogP contribution is 2.28. The first-order chi connectivity index (χ1) is 9.97. The fourth-order valence-corrected chi connectivity index (χ4v) is 2.05. The molecule has 0 saturated carbocycles. The topological polar surface area (TPSA) is 124 Å². The molecule has 10 heteroatoms. The molecule has 0 fully saturated rings. The number of anilines is 1. The number of rotatable bonds is 5. The molecule has 0 aliphatic rings. The molecule has 0 radical (unpaired) electrons. The summed E-state index contributed by atoms with van der Waals surface area (Å²) in [7, 11) is 0. The lowest BCUT2D eigenvalue weighted by Crippen LogP contribution is -1.98. The molecule has 9 nitrogen and oxygen atoms in total. The summed E-state index contributed by atoms with van der Waals surface area (Å²) in [5, 5.41) is 28.0. The Morgan fingerprint density at radius 3 is 2.67 bits per heavy atom. The lowest BCUT2D eigenvalue weighted by atomic mass is 10.2. The number of aryl methyl sites for hydroxylation is 1. The summed E-state index contributed by atoms with van der Waals surface area (Å²) >= 11 is 1.45. The zero-order valence-electron chi connectivity index (χ0n) is 10.7. The van der Waals surface area contributed by atoms with E-state index in [-0.39, 0.29) is 11.4 Å². The normalized spacial score (nSPS) is 10.7. The smallest absolute Gasteiger partial charge is 0.272 e. The van der Waals surface area contributed by atoms with E-state index < -0.39 is 15.5 Å². The van der Waals surface area contributed by atoms with Crippen molar-refractivity contribution < 1.29 is 9.85 Å². The van der Waals surface area contributed by atoms with Crippen LogP contribution in [0.5, 0.6) is 0 Å². The van der Waals surface area contributed by atoms with Gasteiger partial charge >= 0.3 is 5.69 Å². The largest absolute Gasteiger partial charge is 0.301 e. The van der Waals surface area contributed by atoms with Gasteiger partial charge in [-0.05, 0) is 13.0 Å². The van der Waals surface area contributed by atoms with Crippen LogP contribution < -0.4 is 5.43 Å². The van der Waals surface area contributed by atoms with E-state index in [4.69, 9.17) is 0 Å². The first-order valence-corrected chi connectivity index (χ1v) is 6.49. The molecule has 21 heavy (non-hydrogen) atoms. The van der Waals surface area contributed by atoms with Crippen LogP contribution in [-0.2, 0) is 0 Å². The summed E-state index contributed by atoms with van der Waals surface area (Å²) in [4.78, 5) is 24.3. The maximum absolute atomic E-state index is 10.9. The van der Waals surface area contributed by atoms with Crippen LogP contribution in [0.15, 0.2) is 28.7 Å². The molecule has 0 atom stereocenters. The van der Waals surface area contributed by atoms with Crippen LogP contribution in [0.4, 0.5) is 17.1 Å². The third kappa shape index (κ3) is 3.57. The number of nitrogens with zero attached hydrogens (tertiary/aromatic N) is 4. The van der Waals surface area contributed by atoms with Gasteiger partial charge in [-0.15, -0.1) is 11.3 Å². The van der Waals surface area contributed by atoms with Crippen LogP contribution in [-0.4, -0.2) is 21.0 Å². The summed E-state index contributed by atoms with van der Waals surface area (Å²) in [6.07, 6.45) is 1.41. The average molecular weight is 307 g/mol. The molecular formula is C11H9N5O4S. The predicted molar refractivity (Wildman–Crippen MR) is 77.8 cm³/mol. The van der Waals surface area contributed by atoms with Crippen LogP contribution >= 0.6 is 11.3 Å². The van der Waals surface area contributed by atoms with E-state index >= 15 is 0 Å². The van der Waals surface area contributed by atoms with Crippen LogP contribution in [0.25, 0.3) is 0 Å². The molecule has 108 valence electrons. The number of hydrogen-bond donors (Lipinski definition) is 1. The number of thiazole rings is 1. The van der Waals surface area contributed by atoms with Gasteiger partial charge in [0.1, 0.15) is 5.69 Å². The minimum Gasteiger partial charge on any atom is -0.272 e. The average Bonchev–Trinajstić information content (AvgIpc) is 2.84. The van der Waals surface area contributed by atoms with Crippen molar-refractivity contribution in [2.75, 3.05) is 5.43 Å². The Kier molecular flexibility index (Phi) is 4.18. The van der Waals surface area contributed by atoms with Gasteiger partial charge in [0.15, 0.2) is 0 Å². The summed E-state index contributed by atoms with van der Waals surface area (Å²) in [6.45, 7) is 1.84. The van der Waals surface area contributed by atoms with Gasteiger partial charge in [-0.25, -0.2) is 4.98 Å². The number of nitro benzene ring substituents is 2. The number of nitro groups is 2. The third-order valence-electron chi connectivity index (χ3n) is 2.41. The number of hydrogen-bond acceptors (Lipinski definition) is 8. The fourth-order valence-electron chi connectivity index (χ4n) is 1.49. The van der Waals surface area contributed by atoms with Gasteiger partial charge in [0.2, 0.25) is 0 Å². The molecule has 2 aromatic rings. The van der Waals surface area contributed by atoms with E-state index in [9.17, 15) is 20.2 Å². The fraction of sp³-hybridized carbons (Fsp3) is 0.0909. The summed E-state index contributed by atoms with van der Waals surface area (Å²) in [5.74, 6) is 0. The van der Waals surface area contributed by atoms with Crippen LogP contribution in [0.3, 0.4) is 0 Å². The van der Waals surface area contributed by atoms with Crippen molar-refractivity contribution in [3.05, 3.63) is 54.5 Å². The number of nitrogens with one attached hydrogen (secondary N) is 1. The standard InChI is InChI=1S/C11H9N5O4S/c1-7-13-8(6-21-7)5-12-14-10-3-2-9(15(17)18)4-11(10)16(19)20/h2-6,14H,1H3/b12-5+. The molecule has 0 bridgehead atoms. The third-order valence-corrected chi connectivity index (χ3v) is 3.20. The highest BCUT2D eigenvalue weighted by atomic mass is 32.1. The molecule has 1 aromatic heterocycles. The van der Waals surface area contributed by atoms with Crippen molar-refractivity contribution in [2.24, 2.45) is 5.10 Å². The van der Waals surface area contributed by atoms with E-state index in [1.165, 1.54) is 23.6 Å². The van der Waals surface area contributed by atoms with E-state index in [2.05, 4.69) is 15.5 Å². The first kappa shape index (κ1) is 14.5. The SMILES string of the molecule is Cc1nc(/C=N/Nc2ccc([N+](=O)[O-])cc2[N+](=O)[O-])cs1. The molecule has 1 heterocycles. The first-order valence-electron chi connectivity index (χ1n) is 5.61. The second-order valence-electron chi connectivity index (χ2n) is 3.88. The van der Waals surface area contributed by atoms with Crippen molar-refractivity contribution in [3.63, 3.8) is 0 Å². The van der Waals surface area contributed by atoms with Crippen molar-refractivity contribution in [2.45, 2.75) is 6.92 Å². The zero-order valence-corrected chi connectivity index (χ0v) is 11.5. The zero-order chi connectivity index (χ0) is 15.4. The molecule has 1 N–H and O–H groups in total. The van der Waals surface area contributed by atoms with Crippen LogP contribution in [0.1, 0.15) is 10.7 Å². The van der Waals surface area contributed by atoms with Gasteiger partial charge < -0.3 is 0 Å². The van der Waals surface area contributed by atoms with Gasteiger partial charge in [-0.1, -0.05) is 0 Å². The Labute approximate surface area is 122 Å². The number of aromatic nitrogens is 1. The lowest BCUT2D eigenvalue weighted by molar-refractivity contribution is -0.393. The molecule has 2 rings (SSSR count). The number of benzene rings is 1. The summed E-state index contributed by atoms with van der Waals surface area (Å²) in [5.41, 5.74) is 2.40. The highest BCUT2D eigenvalue weighted by Gasteiger charge is 2.18. The molecule has 0 amide bonds. The van der Waals surface area contributed by atoms with Gasteiger partial charge in [0.25, 0.3) is 5.69 Å². The van der Waals surface area contributed by atoms with E-state index in [1.807, 2.05) is 6.92 Å². The second-order valence-corrected chi connectivity index (χ2v) is 4.94. The Morgan fingerprint density at radius 2 is 2.10 bits per heavy atom. The van der Waals surface area contributed by atoms with Gasteiger partial charge in [-0.2, -0.15) is 5.10 Å². The van der Waals surface area contributed by atoms with Crippen molar-refractivity contribution in [1.82, 2.24) is 4.98 Å². The van der Waals surface area contributed by atoms with E-state index in [1.54, 1.807) is 5.38 Å². The van der Waals surface area contributed by atoms with Gasteiger partial charge in [-0.3, -0.25) is 25.7 Å². The number of non-ortho nitro benzene ring substituents is 1. The quantitative estimate of drug-likeness (QED) is 0.514. The molecule has 0 spiro atoms. The molecule has 1 aromatic carbocycles. The van der Waals surface area contributed by atoms with Crippen LogP contribution in [0.2, 0.25) is 0 Å². The van der Waals surface area contributed by atoms with E-state index in [0.717, 1.165) is 17.1 Å². The Balaban J connectivity index is 2.21. The van der Waals surface area contributed by atoms with Crippen LogP contribution in [0, 0.1) is 27.2 Å². The molecule has 0 unspecified atom stereocenters. The minimum atomic E-state index is -0.710. The van der Waals surface area contributed by atoms with Gasteiger partial charge in [0, 0.05) is 11.4 Å². The predicted octanol–water partition coefficient (Wildman–Crippen LogP) is 2.71. The number of hydrazone groups is 1. The summed E-state index contributed by atoms with van der Waals surface area (Å²) < 4.78 is 0. The van der Waals surface area contributed by atoms with Gasteiger partial charge in [0.05, 0.1) is 32.8 Å². The Morgan fingerprint density at radius 1 is 1.33 bits per heavy atom. The Bertz CT molecular complexity index is 727. The van der Waals surface area contributed by atoms with Crippen molar-refractivity contribution in [1.29, 1.82) is 0 Å². The van der Waals surface area contributed by atoms with Crippen molar-refractivity contribution in [3.8, 4) is 0 Å². The Hall–Kier alpha value is -2.88. The molecule has 0 aliphatic carbocycles. The maximum atomic E-state index is 10.9. The van der Waals surface area contributed by atoms with E-state index in [0.29, 0.717) is 5.69 Å². The van der Waals surface area contributed by atoms with Crippen molar-refractivity contribution >= 4 is 34.6 Å². The molecular weight excluding hydrogens is 298 g/mol. The minimum absolute atomic E-state index is 0.0637. The maximum Gasteiger partial charge on any atom is 0.301 e.